The number of alkyl halides is 3. The molecule has 58 heavy (non-hydrogen) atoms. The molecule has 15 nitrogen and oxygen atoms in total. The highest BCUT2D eigenvalue weighted by Crippen LogP contribution is 2.48. The molecule has 19 heteroatoms. The monoisotopic (exact) mass is 839 g/mol. The Hall–Kier alpha value is -4.39. The Labute approximate surface area is 335 Å². The van der Waals surface area contributed by atoms with Crippen LogP contribution in [-0.2, 0) is 33.9 Å². The number of alkyl carbamates (subject to hydrolysis) is 1. The van der Waals surface area contributed by atoms with Gasteiger partial charge < -0.3 is 34.5 Å². The van der Waals surface area contributed by atoms with E-state index in [0.29, 0.717) is 69.9 Å². The Morgan fingerprint density at radius 1 is 1.05 bits per heavy atom. The zero-order chi connectivity index (χ0) is 42.2. The van der Waals surface area contributed by atoms with Crippen LogP contribution in [0.2, 0.25) is 0 Å². The van der Waals surface area contributed by atoms with E-state index in [1.54, 1.807) is 24.3 Å². The Bertz CT molecular complexity index is 2000. The summed E-state index contributed by atoms with van der Waals surface area (Å²) in [5.41, 5.74) is -4.46. The summed E-state index contributed by atoms with van der Waals surface area (Å²) in [6, 6.07) is 4.17. The van der Waals surface area contributed by atoms with Crippen molar-refractivity contribution in [2.45, 2.75) is 119 Å². The molecule has 4 amide bonds. The maximum absolute atomic E-state index is 14.9. The Morgan fingerprint density at radius 2 is 1.78 bits per heavy atom. The highest BCUT2D eigenvalue weighted by Gasteiger charge is 2.62. The third kappa shape index (κ3) is 9.40. The second kappa shape index (κ2) is 16.7. The number of sulfonamides is 1. The number of carbonyl (C=O) groups is 4. The Balaban J connectivity index is 1.36. The van der Waals surface area contributed by atoms with Gasteiger partial charge in [-0.05, 0) is 87.4 Å². The molecular formula is C39H52F3N5O10S. The summed E-state index contributed by atoms with van der Waals surface area (Å²) in [5.74, 6) is -2.82. The molecule has 0 bridgehead atoms. The number of carbonyl (C=O) groups excluding carboxylic acids is 4. The highest BCUT2D eigenvalue weighted by atomic mass is 32.2. The smallest absolute Gasteiger partial charge is 0.427 e. The average molecular weight is 840 g/mol. The van der Waals surface area contributed by atoms with Gasteiger partial charge >= 0.3 is 12.3 Å². The van der Waals surface area contributed by atoms with Crippen LogP contribution in [0.3, 0.4) is 0 Å². The molecule has 2 saturated carbocycles. The van der Waals surface area contributed by atoms with E-state index < -0.39 is 80.5 Å². The number of hydrogen-bond acceptors (Lipinski definition) is 11. The fourth-order valence-electron chi connectivity index (χ4n) is 8.07. The minimum absolute atomic E-state index is 0.0535. The van der Waals surface area contributed by atoms with Crippen LogP contribution in [0.15, 0.2) is 30.5 Å². The molecule has 1 aromatic carbocycles. The average Bonchev–Trinajstić information content (AvgIpc) is 4.08. The van der Waals surface area contributed by atoms with Crippen molar-refractivity contribution < 1.29 is 59.7 Å². The summed E-state index contributed by atoms with van der Waals surface area (Å²) in [7, 11) is -1.04. The molecular weight excluding hydrogens is 788 g/mol. The fraction of sp³-hybridized carbons (Fsp3) is 0.667. The third-order valence-corrected chi connectivity index (χ3v) is 13.6. The van der Waals surface area contributed by atoms with Gasteiger partial charge in [-0.2, -0.15) is 13.2 Å². The van der Waals surface area contributed by atoms with E-state index >= 15 is 0 Å². The van der Waals surface area contributed by atoms with E-state index in [0.717, 1.165) is 5.39 Å². The number of pyridine rings is 1. The van der Waals surface area contributed by atoms with Gasteiger partial charge in [0.25, 0.3) is 5.91 Å². The van der Waals surface area contributed by atoms with Crippen LogP contribution < -0.4 is 24.8 Å². The maximum atomic E-state index is 14.9. The zero-order valence-corrected chi connectivity index (χ0v) is 34.0. The number of ether oxygens (including phenoxy) is 4. The van der Waals surface area contributed by atoms with Crippen molar-refractivity contribution in [1.29, 1.82) is 0 Å². The molecule has 4 aliphatic rings. The predicted octanol–water partition coefficient (Wildman–Crippen LogP) is 4.37. The highest BCUT2D eigenvalue weighted by molar-refractivity contribution is 7.91. The third-order valence-electron chi connectivity index (χ3n) is 11.7. The first kappa shape index (κ1) is 43.2. The van der Waals surface area contributed by atoms with Gasteiger partial charge in [0.1, 0.15) is 29.5 Å². The standard InChI is InChI=1S/C39H52F3N5O10S/c1-22-8-6-7-9-25-19-38(25,35(50)46-58(52,53)28-11-12-28)45-32(48)30-18-27(56-33-29-13-10-26(55-5)17-23(29)14-15-43-33)20-47(30)34(49)31(24(16-22)21-54-4)44-36(51)57-37(2,3)39(40,41)42/h10,13-15,17,22,24-25,27-28,30-31H,6-9,11-12,16,18-21H2,1-5H3,(H,44,51)(H,45,48)(H,46,50)/t22-,24+,25-,27-,30+,31+,38-/m1/s1. The van der Waals surface area contributed by atoms with E-state index in [1.807, 2.05) is 6.92 Å². The van der Waals surface area contributed by atoms with Crippen molar-refractivity contribution in [3.05, 3.63) is 30.5 Å². The lowest BCUT2D eigenvalue weighted by molar-refractivity contribution is -0.244. The first-order chi connectivity index (χ1) is 27.3. The molecule has 1 aromatic heterocycles. The lowest BCUT2D eigenvalue weighted by Gasteiger charge is -2.35. The van der Waals surface area contributed by atoms with Crippen LogP contribution in [-0.4, -0.2) is 110 Å². The van der Waals surface area contributed by atoms with E-state index in [1.165, 1.54) is 25.3 Å². The minimum atomic E-state index is -4.93. The number of aromatic nitrogens is 1. The zero-order valence-electron chi connectivity index (χ0n) is 33.2. The number of fused-ring (bicyclic) bond motifs is 3. The van der Waals surface area contributed by atoms with Gasteiger partial charge in [-0.25, -0.2) is 18.2 Å². The van der Waals surface area contributed by atoms with Gasteiger partial charge in [0.15, 0.2) is 0 Å². The number of halogens is 3. The first-order valence-electron chi connectivity index (χ1n) is 19.6. The number of methoxy groups -OCH3 is 2. The number of rotatable bonds is 10. The second-order valence-electron chi connectivity index (χ2n) is 16.6. The van der Waals surface area contributed by atoms with Crippen LogP contribution in [0.4, 0.5) is 18.0 Å². The van der Waals surface area contributed by atoms with Crippen molar-refractivity contribution in [2.75, 3.05) is 27.4 Å². The topological polar surface area (TPSA) is 192 Å². The van der Waals surface area contributed by atoms with Crippen molar-refractivity contribution in [2.24, 2.45) is 17.8 Å². The van der Waals surface area contributed by atoms with Gasteiger partial charge in [-0.15, -0.1) is 0 Å². The van der Waals surface area contributed by atoms with Gasteiger partial charge in [-0.1, -0.05) is 26.2 Å². The lowest BCUT2D eigenvalue weighted by atomic mass is 9.86. The van der Waals surface area contributed by atoms with Gasteiger partial charge in [0, 0.05) is 31.0 Å². The van der Waals surface area contributed by atoms with Crippen LogP contribution in [0.1, 0.15) is 78.6 Å². The molecule has 0 radical (unpaired) electrons. The van der Waals surface area contributed by atoms with Gasteiger partial charge in [-0.3, -0.25) is 19.1 Å². The summed E-state index contributed by atoms with van der Waals surface area (Å²) in [5, 5.41) is 5.89. The van der Waals surface area contributed by atoms with Crippen LogP contribution in [0.5, 0.6) is 11.6 Å². The minimum Gasteiger partial charge on any atom is -0.497 e. The molecule has 6 rings (SSSR count). The summed E-state index contributed by atoms with van der Waals surface area (Å²) in [6.07, 6.45) is -2.01. The number of hydrogen-bond donors (Lipinski definition) is 3. The van der Waals surface area contributed by atoms with Crippen molar-refractivity contribution >= 4 is 44.6 Å². The molecule has 3 N–H and O–H groups in total. The van der Waals surface area contributed by atoms with E-state index in [9.17, 15) is 40.8 Å². The maximum Gasteiger partial charge on any atom is 0.427 e. The van der Waals surface area contributed by atoms with Crippen molar-refractivity contribution in [3.8, 4) is 11.6 Å². The molecule has 3 heterocycles. The van der Waals surface area contributed by atoms with E-state index in [-0.39, 0.29) is 43.7 Å². The molecule has 7 atom stereocenters. The Morgan fingerprint density at radius 3 is 2.45 bits per heavy atom. The van der Waals surface area contributed by atoms with Gasteiger partial charge in [0.2, 0.25) is 33.3 Å². The number of nitrogens with zero attached hydrogens (tertiary/aromatic N) is 2. The molecule has 320 valence electrons. The van der Waals surface area contributed by atoms with Crippen LogP contribution in [0, 0.1) is 17.8 Å². The lowest BCUT2D eigenvalue weighted by Crippen LogP contribution is -2.60. The van der Waals surface area contributed by atoms with E-state index in [2.05, 4.69) is 20.3 Å². The number of benzene rings is 1. The molecule has 2 aliphatic carbocycles. The largest absolute Gasteiger partial charge is 0.497 e. The quantitative estimate of drug-likeness (QED) is 0.308. The van der Waals surface area contributed by atoms with Crippen molar-refractivity contribution in [3.63, 3.8) is 0 Å². The molecule has 0 unspecified atom stereocenters. The number of nitrogens with one attached hydrogen (secondary N) is 3. The van der Waals surface area contributed by atoms with Crippen LogP contribution in [0.25, 0.3) is 10.8 Å². The fourth-order valence-corrected chi connectivity index (χ4v) is 9.44. The molecule has 2 aliphatic heterocycles. The summed E-state index contributed by atoms with van der Waals surface area (Å²) in [4.78, 5) is 62.1. The summed E-state index contributed by atoms with van der Waals surface area (Å²) in [6.45, 7) is 3.03. The normalized spacial score (nSPS) is 28.6. The molecule has 2 aromatic rings. The predicted molar refractivity (Wildman–Crippen MR) is 203 cm³/mol. The molecule has 2 saturated heterocycles. The van der Waals surface area contributed by atoms with Crippen LogP contribution >= 0.6 is 0 Å². The molecule has 0 spiro atoms. The number of amides is 4. The van der Waals surface area contributed by atoms with Gasteiger partial charge in [0.05, 0.1) is 25.5 Å². The second-order valence-corrected chi connectivity index (χ2v) is 18.5. The SMILES string of the molecule is COC[C@@H]1C[C@H](C)CCCC[C@@H]2C[C@@]2(C(=O)NS(=O)(=O)C2CC2)NC(=O)[C@@H]2C[C@@H](Oc3nccc4cc(OC)ccc34)CN2C(=O)[C@H]1NC(=O)OC(C)(C)C(F)(F)F. The summed E-state index contributed by atoms with van der Waals surface area (Å²) >= 11 is 0. The molecule has 4 fully saturated rings. The summed E-state index contributed by atoms with van der Waals surface area (Å²) < 4.78 is 91.5. The van der Waals surface area contributed by atoms with Crippen molar-refractivity contribution in [1.82, 2.24) is 25.2 Å². The van der Waals surface area contributed by atoms with E-state index in [4.69, 9.17) is 18.9 Å². The first-order valence-corrected chi connectivity index (χ1v) is 21.2. The Kier molecular flexibility index (Phi) is 12.4.